The Balaban J connectivity index is 2.19. The van der Waals surface area contributed by atoms with Gasteiger partial charge in [-0.25, -0.2) is 14.5 Å². The third kappa shape index (κ3) is 2.00. The van der Waals surface area contributed by atoms with E-state index in [4.69, 9.17) is 14.9 Å². The van der Waals surface area contributed by atoms with Crippen molar-refractivity contribution in [2.45, 2.75) is 24.5 Å². The second-order valence-electron chi connectivity index (χ2n) is 3.58. The second kappa shape index (κ2) is 4.37. The Hall–Kier alpha value is -1.55. The zero-order chi connectivity index (χ0) is 12.6. The first-order valence-electron chi connectivity index (χ1n) is 4.81. The van der Waals surface area contributed by atoms with Crippen LogP contribution < -0.4 is 0 Å². The minimum atomic E-state index is -1.31. The number of carbonyl (C=O) groups is 1. The summed E-state index contributed by atoms with van der Waals surface area (Å²) in [6.07, 6.45) is -3.50. The minimum Gasteiger partial charge on any atom is -0.475 e. The van der Waals surface area contributed by atoms with Gasteiger partial charge in [-0.1, -0.05) is 0 Å². The number of nitrogens with zero attached hydrogens (tertiary/aromatic N) is 3. The van der Waals surface area contributed by atoms with Crippen LogP contribution in [0.25, 0.3) is 0 Å². The van der Waals surface area contributed by atoms with E-state index in [2.05, 4.69) is 10.1 Å². The fourth-order valence-electron chi connectivity index (χ4n) is 1.59. The Labute approximate surface area is 94.9 Å². The van der Waals surface area contributed by atoms with Crippen LogP contribution in [0.3, 0.4) is 0 Å². The van der Waals surface area contributed by atoms with Gasteiger partial charge in [0.2, 0.25) is 0 Å². The van der Waals surface area contributed by atoms with Crippen molar-refractivity contribution in [2.24, 2.45) is 0 Å². The van der Waals surface area contributed by atoms with Crippen LogP contribution in [-0.4, -0.2) is 66.1 Å². The van der Waals surface area contributed by atoms with E-state index in [1.165, 1.54) is 0 Å². The first kappa shape index (κ1) is 11.9. The van der Waals surface area contributed by atoms with Crippen LogP contribution in [0.1, 0.15) is 16.8 Å². The van der Waals surface area contributed by atoms with E-state index in [1.807, 2.05) is 0 Å². The summed E-state index contributed by atoms with van der Waals surface area (Å²) in [5, 5.41) is 40.2. The van der Waals surface area contributed by atoms with Gasteiger partial charge in [-0.15, -0.1) is 5.10 Å². The van der Waals surface area contributed by atoms with Gasteiger partial charge in [0.05, 0.1) is 6.61 Å². The smallest absolute Gasteiger partial charge is 0.375 e. The number of aliphatic hydroxyl groups excluding tert-OH is 3. The van der Waals surface area contributed by atoms with Crippen molar-refractivity contribution in [2.75, 3.05) is 6.61 Å². The van der Waals surface area contributed by atoms with Gasteiger partial charge in [-0.05, 0) is 0 Å². The number of hydrogen-bond acceptors (Lipinski definition) is 7. The lowest BCUT2D eigenvalue weighted by Gasteiger charge is -2.13. The lowest BCUT2D eigenvalue weighted by molar-refractivity contribution is -0.0589. The average Bonchev–Trinajstić information content (AvgIpc) is 2.87. The van der Waals surface area contributed by atoms with Crippen molar-refractivity contribution < 1.29 is 30.0 Å². The van der Waals surface area contributed by atoms with Gasteiger partial charge in [0.25, 0.3) is 5.82 Å². The van der Waals surface area contributed by atoms with Gasteiger partial charge < -0.3 is 25.2 Å². The first-order valence-corrected chi connectivity index (χ1v) is 4.81. The van der Waals surface area contributed by atoms with E-state index in [0.717, 1.165) is 11.0 Å². The molecule has 1 aromatic rings. The maximum absolute atomic E-state index is 10.6. The highest BCUT2D eigenvalue weighted by molar-refractivity contribution is 5.82. The lowest BCUT2D eigenvalue weighted by atomic mass is 10.1. The molecule has 0 bridgehead atoms. The Morgan fingerprint density at radius 2 is 2.18 bits per heavy atom. The Morgan fingerprint density at radius 1 is 1.47 bits per heavy atom. The zero-order valence-corrected chi connectivity index (χ0v) is 8.54. The van der Waals surface area contributed by atoms with Gasteiger partial charge >= 0.3 is 5.97 Å². The summed E-state index contributed by atoms with van der Waals surface area (Å²) in [5.74, 6) is -1.75. The molecular weight excluding hydrogens is 234 g/mol. The normalized spacial score (nSPS) is 32.9. The van der Waals surface area contributed by atoms with Crippen molar-refractivity contribution in [3.63, 3.8) is 0 Å². The monoisotopic (exact) mass is 245 g/mol. The molecule has 9 nitrogen and oxygen atoms in total. The Kier molecular flexibility index (Phi) is 3.07. The summed E-state index contributed by atoms with van der Waals surface area (Å²) in [6, 6.07) is 0. The Bertz CT molecular complexity index is 421. The maximum Gasteiger partial charge on any atom is 0.375 e. The molecule has 2 heterocycles. The summed E-state index contributed by atoms with van der Waals surface area (Å²) in [6.45, 7) is -0.463. The zero-order valence-electron chi connectivity index (χ0n) is 8.54. The van der Waals surface area contributed by atoms with Crippen molar-refractivity contribution in [1.82, 2.24) is 14.8 Å². The number of rotatable bonds is 3. The molecule has 1 aliphatic rings. The number of carboxylic acid groups (broad SMARTS) is 1. The molecule has 0 saturated carbocycles. The summed E-state index contributed by atoms with van der Waals surface area (Å²) in [5.41, 5.74) is 0. The van der Waals surface area contributed by atoms with Gasteiger partial charge in [0, 0.05) is 0 Å². The molecule has 94 valence electrons. The quantitative estimate of drug-likeness (QED) is 0.462. The highest BCUT2D eigenvalue weighted by atomic mass is 16.6. The predicted molar refractivity (Wildman–Crippen MR) is 50.0 cm³/mol. The number of aromatic nitrogens is 3. The van der Waals surface area contributed by atoms with Gasteiger partial charge in [0.1, 0.15) is 24.6 Å². The lowest BCUT2D eigenvalue weighted by Crippen LogP contribution is -2.33. The SMILES string of the molecule is O=C(O)c1ncn([C@@H]2O[C@H](CO)C(O)[C@@H]2O)n1. The van der Waals surface area contributed by atoms with Crippen LogP contribution in [-0.2, 0) is 4.74 Å². The van der Waals surface area contributed by atoms with Crippen LogP contribution >= 0.6 is 0 Å². The summed E-state index contributed by atoms with van der Waals surface area (Å²) < 4.78 is 6.12. The fourth-order valence-corrected chi connectivity index (χ4v) is 1.59. The van der Waals surface area contributed by atoms with Crippen molar-refractivity contribution >= 4 is 5.97 Å². The highest BCUT2D eigenvalue weighted by Crippen LogP contribution is 2.28. The van der Waals surface area contributed by atoms with Gasteiger partial charge in [0.15, 0.2) is 6.23 Å². The molecule has 1 aliphatic heterocycles. The Morgan fingerprint density at radius 3 is 2.65 bits per heavy atom. The molecule has 0 aromatic carbocycles. The van der Waals surface area contributed by atoms with Crippen LogP contribution in [0.5, 0.6) is 0 Å². The molecule has 0 aliphatic carbocycles. The van der Waals surface area contributed by atoms with Crippen molar-refractivity contribution in [1.29, 1.82) is 0 Å². The molecule has 17 heavy (non-hydrogen) atoms. The number of aromatic carboxylic acids is 1. The largest absolute Gasteiger partial charge is 0.475 e. The van der Waals surface area contributed by atoms with E-state index in [0.29, 0.717) is 0 Å². The van der Waals surface area contributed by atoms with Gasteiger partial charge in [-0.3, -0.25) is 0 Å². The van der Waals surface area contributed by atoms with Gasteiger partial charge in [-0.2, -0.15) is 0 Å². The van der Waals surface area contributed by atoms with Crippen LogP contribution in [0.15, 0.2) is 6.33 Å². The summed E-state index contributed by atoms with van der Waals surface area (Å²) in [7, 11) is 0. The van der Waals surface area contributed by atoms with Crippen LogP contribution in [0.2, 0.25) is 0 Å². The molecule has 1 fully saturated rings. The minimum absolute atomic E-state index is 0.442. The molecule has 4 atom stereocenters. The molecule has 1 saturated heterocycles. The molecule has 2 rings (SSSR count). The number of hydrogen-bond donors (Lipinski definition) is 4. The van der Waals surface area contributed by atoms with Crippen molar-refractivity contribution in [3.05, 3.63) is 12.2 Å². The standard InChI is InChI=1S/C8H11N3O6/c12-1-3-4(13)5(14)7(17-3)11-2-9-6(10-11)8(15)16/h2-5,7,12-14H,1H2,(H,15,16)/t3-,4?,5+,7-/m1/s1. The third-order valence-electron chi connectivity index (χ3n) is 2.48. The number of ether oxygens (including phenoxy) is 1. The maximum atomic E-state index is 10.6. The van der Waals surface area contributed by atoms with E-state index in [9.17, 15) is 15.0 Å². The summed E-state index contributed by atoms with van der Waals surface area (Å²) >= 11 is 0. The predicted octanol–water partition coefficient (Wildman–Crippen LogP) is -2.41. The second-order valence-corrected chi connectivity index (χ2v) is 3.58. The van der Waals surface area contributed by atoms with E-state index < -0.39 is 42.9 Å². The van der Waals surface area contributed by atoms with Crippen molar-refractivity contribution in [3.8, 4) is 0 Å². The highest BCUT2D eigenvalue weighted by Gasteiger charge is 2.44. The molecular formula is C8H11N3O6. The molecule has 0 amide bonds. The molecule has 1 unspecified atom stereocenters. The van der Waals surface area contributed by atoms with E-state index in [-0.39, 0.29) is 0 Å². The fraction of sp³-hybridized carbons (Fsp3) is 0.625. The molecule has 1 aromatic heterocycles. The third-order valence-corrected chi connectivity index (χ3v) is 2.48. The van der Waals surface area contributed by atoms with E-state index >= 15 is 0 Å². The first-order chi connectivity index (χ1) is 8.04. The number of aliphatic hydroxyl groups is 3. The van der Waals surface area contributed by atoms with Crippen LogP contribution in [0, 0.1) is 0 Å². The molecule has 0 spiro atoms. The van der Waals surface area contributed by atoms with E-state index in [1.54, 1.807) is 0 Å². The topological polar surface area (TPSA) is 138 Å². The molecule has 0 radical (unpaired) electrons. The average molecular weight is 245 g/mol. The summed E-state index contributed by atoms with van der Waals surface area (Å²) in [4.78, 5) is 14.1. The number of carboxylic acids is 1. The molecule has 4 N–H and O–H groups in total. The molecule has 9 heteroatoms. The van der Waals surface area contributed by atoms with Crippen LogP contribution in [0.4, 0.5) is 0 Å².